The molecule has 2 rings (SSSR count). The van der Waals surface area contributed by atoms with Crippen molar-refractivity contribution in [3.63, 3.8) is 0 Å². The Balaban J connectivity index is 2.21. The van der Waals surface area contributed by atoms with E-state index in [-0.39, 0.29) is 5.41 Å². The van der Waals surface area contributed by atoms with E-state index in [1.807, 2.05) is 43.3 Å². The van der Waals surface area contributed by atoms with Crippen molar-refractivity contribution >= 4 is 15.9 Å². The maximum absolute atomic E-state index is 10.8. The summed E-state index contributed by atoms with van der Waals surface area (Å²) in [6, 6.07) is 16.4. The molecular weight excluding hydrogens is 324 g/mol. The minimum Gasteiger partial charge on any atom is -0.385 e. The monoisotopic (exact) mass is 346 g/mol. The summed E-state index contributed by atoms with van der Waals surface area (Å²) in [6.45, 7) is 8.47. The molecule has 2 heteroatoms. The maximum atomic E-state index is 10.8. The second-order valence-corrected chi connectivity index (χ2v) is 7.82. The van der Waals surface area contributed by atoms with Gasteiger partial charge in [0.1, 0.15) is 0 Å². The zero-order chi connectivity index (χ0) is 15.7. The molecule has 1 N–H and O–H groups in total. The quantitative estimate of drug-likeness (QED) is 0.809. The summed E-state index contributed by atoms with van der Waals surface area (Å²) in [6.07, 6.45) is 0.606. The Morgan fingerprint density at radius 3 is 1.76 bits per heavy atom. The van der Waals surface area contributed by atoms with Gasteiger partial charge in [-0.25, -0.2) is 0 Å². The van der Waals surface area contributed by atoms with Gasteiger partial charge in [0.05, 0.1) is 5.60 Å². The Morgan fingerprint density at radius 2 is 1.29 bits per heavy atom. The Kier molecular flexibility index (Phi) is 4.60. The highest BCUT2D eigenvalue weighted by Gasteiger charge is 2.24. The van der Waals surface area contributed by atoms with Crippen LogP contribution in [0.2, 0.25) is 0 Å². The molecule has 1 atom stereocenters. The number of hydrogen-bond acceptors (Lipinski definition) is 1. The Labute approximate surface area is 136 Å². The van der Waals surface area contributed by atoms with E-state index >= 15 is 0 Å². The lowest BCUT2D eigenvalue weighted by Gasteiger charge is -2.26. The molecular formula is C19H23BrO. The zero-order valence-corrected chi connectivity index (χ0v) is 14.7. The zero-order valence-electron chi connectivity index (χ0n) is 13.2. The molecule has 0 saturated carbocycles. The van der Waals surface area contributed by atoms with E-state index < -0.39 is 5.60 Å². The Bertz CT molecular complexity index is 589. The van der Waals surface area contributed by atoms with Gasteiger partial charge in [0.2, 0.25) is 0 Å². The molecule has 112 valence electrons. The van der Waals surface area contributed by atoms with Crippen LogP contribution in [0.3, 0.4) is 0 Å². The largest absolute Gasteiger partial charge is 0.385 e. The van der Waals surface area contributed by atoms with E-state index in [9.17, 15) is 5.11 Å². The smallest absolute Gasteiger partial charge is 0.0908 e. The molecule has 0 aliphatic rings. The molecule has 0 radical (unpaired) electrons. The number of hydrogen-bond donors (Lipinski definition) is 1. The molecule has 0 amide bonds. The average Bonchev–Trinajstić information content (AvgIpc) is 2.40. The third kappa shape index (κ3) is 4.18. The number of aliphatic hydroxyl groups is 1. The fourth-order valence-corrected chi connectivity index (χ4v) is 2.70. The molecule has 21 heavy (non-hydrogen) atoms. The first kappa shape index (κ1) is 16.3. The molecule has 0 heterocycles. The van der Waals surface area contributed by atoms with Gasteiger partial charge in [-0.2, -0.15) is 0 Å². The van der Waals surface area contributed by atoms with Crippen LogP contribution in [0.4, 0.5) is 0 Å². The fraction of sp³-hybridized carbons (Fsp3) is 0.368. The van der Waals surface area contributed by atoms with Crippen molar-refractivity contribution in [2.45, 2.75) is 45.1 Å². The molecule has 0 bridgehead atoms. The molecule has 2 aromatic carbocycles. The van der Waals surface area contributed by atoms with Crippen molar-refractivity contribution in [1.29, 1.82) is 0 Å². The minimum absolute atomic E-state index is 0.135. The summed E-state index contributed by atoms with van der Waals surface area (Å²) in [5.74, 6) is 0. The van der Waals surface area contributed by atoms with Gasteiger partial charge < -0.3 is 5.11 Å². The van der Waals surface area contributed by atoms with Crippen molar-refractivity contribution in [3.8, 4) is 0 Å². The Morgan fingerprint density at radius 1 is 0.810 bits per heavy atom. The molecule has 0 fully saturated rings. The van der Waals surface area contributed by atoms with Gasteiger partial charge in [-0.1, -0.05) is 73.1 Å². The van der Waals surface area contributed by atoms with Crippen molar-refractivity contribution in [3.05, 3.63) is 69.7 Å². The van der Waals surface area contributed by atoms with E-state index in [0.29, 0.717) is 6.42 Å². The molecule has 0 saturated heterocycles. The van der Waals surface area contributed by atoms with Gasteiger partial charge in [0, 0.05) is 10.9 Å². The summed E-state index contributed by atoms with van der Waals surface area (Å²) in [4.78, 5) is 0. The van der Waals surface area contributed by atoms with Crippen molar-refractivity contribution in [2.24, 2.45) is 0 Å². The SMILES string of the molecule is CC(C)(C)c1ccc(C(C)(O)Cc2ccc(Br)cc2)cc1. The molecule has 0 aromatic heterocycles. The molecule has 0 aliphatic carbocycles. The van der Waals surface area contributed by atoms with Crippen LogP contribution in [0.15, 0.2) is 53.0 Å². The van der Waals surface area contributed by atoms with E-state index in [0.717, 1.165) is 15.6 Å². The van der Waals surface area contributed by atoms with Crippen molar-refractivity contribution < 1.29 is 5.11 Å². The van der Waals surface area contributed by atoms with Crippen LogP contribution in [-0.2, 0) is 17.4 Å². The highest BCUT2D eigenvalue weighted by molar-refractivity contribution is 9.10. The van der Waals surface area contributed by atoms with Crippen LogP contribution in [0.5, 0.6) is 0 Å². The summed E-state index contributed by atoms with van der Waals surface area (Å²) < 4.78 is 1.06. The summed E-state index contributed by atoms with van der Waals surface area (Å²) in [7, 11) is 0. The number of rotatable bonds is 3. The van der Waals surface area contributed by atoms with E-state index in [4.69, 9.17) is 0 Å². The van der Waals surface area contributed by atoms with Crippen LogP contribution in [-0.4, -0.2) is 5.11 Å². The van der Waals surface area contributed by atoms with Crippen molar-refractivity contribution in [2.75, 3.05) is 0 Å². The molecule has 2 aromatic rings. The molecule has 0 spiro atoms. The van der Waals surface area contributed by atoms with Gasteiger partial charge in [0.15, 0.2) is 0 Å². The number of benzene rings is 2. The topological polar surface area (TPSA) is 20.2 Å². The summed E-state index contributed by atoms with van der Waals surface area (Å²) in [5.41, 5.74) is 2.65. The molecule has 1 nitrogen and oxygen atoms in total. The van der Waals surface area contributed by atoms with Crippen LogP contribution in [0.1, 0.15) is 44.4 Å². The highest BCUT2D eigenvalue weighted by atomic mass is 79.9. The predicted octanol–water partition coefficient (Wildman–Crippen LogP) is 5.20. The van der Waals surface area contributed by atoms with E-state index in [2.05, 4.69) is 48.8 Å². The van der Waals surface area contributed by atoms with Crippen molar-refractivity contribution in [1.82, 2.24) is 0 Å². The molecule has 0 aliphatic heterocycles. The fourth-order valence-electron chi connectivity index (χ4n) is 2.43. The second kappa shape index (κ2) is 5.94. The van der Waals surface area contributed by atoms with Gasteiger partial charge in [0.25, 0.3) is 0 Å². The minimum atomic E-state index is -0.857. The lowest BCUT2D eigenvalue weighted by Crippen LogP contribution is -2.24. The summed E-state index contributed by atoms with van der Waals surface area (Å²) >= 11 is 3.43. The van der Waals surface area contributed by atoms with Gasteiger partial charge in [-0.05, 0) is 41.2 Å². The second-order valence-electron chi connectivity index (χ2n) is 6.90. The summed E-state index contributed by atoms with van der Waals surface area (Å²) in [5, 5.41) is 10.8. The lowest BCUT2D eigenvalue weighted by atomic mass is 9.83. The lowest BCUT2D eigenvalue weighted by molar-refractivity contribution is 0.0576. The first-order valence-corrected chi connectivity index (χ1v) is 8.06. The van der Waals surface area contributed by atoms with Crippen LogP contribution in [0.25, 0.3) is 0 Å². The van der Waals surface area contributed by atoms with Crippen LogP contribution < -0.4 is 0 Å². The predicted molar refractivity (Wildman–Crippen MR) is 92.6 cm³/mol. The van der Waals surface area contributed by atoms with Crippen LogP contribution in [0, 0.1) is 0 Å². The third-order valence-electron chi connectivity index (χ3n) is 3.83. The molecule has 1 unspecified atom stereocenters. The average molecular weight is 347 g/mol. The van der Waals surface area contributed by atoms with Gasteiger partial charge in [-0.15, -0.1) is 0 Å². The normalized spacial score (nSPS) is 14.8. The van der Waals surface area contributed by atoms with Gasteiger partial charge in [-0.3, -0.25) is 0 Å². The maximum Gasteiger partial charge on any atom is 0.0908 e. The first-order valence-electron chi connectivity index (χ1n) is 7.26. The first-order chi connectivity index (χ1) is 9.68. The van der Waals surface area contributed by atoms with Crippen LogP contribution >= 0.6 is 15.9 Å². The van der Waals surface area contributed by atoms with Gasteiger partial charge >= 0.3 is 0 Å². The highest BCUT2D eigenvalue weighted by Crippen LogP contribution is 2.29. The third-order valence-corrected chi connectivity index (χ3v) is 4.36. The van der Waals surface area contributed by atoms with E-state index in [1.54, 1.807) is 0 Å². The standard InChI is InChI=1S/C19H23BrO/c1-18(2,3)15-7-9-16(10-8-15)19(4,21)13-14-5-11-17(20)12-6-14/h5-12,21H,13H2,1-4H3. The Hall–Kier alpha value is -1.12. The number of halogens is 1. The van der Waals surface area contributed by atoms with E-state index in [1.165, 1.54) is 5.56 Å².